The Hall–Kier alpha value is -0.106. The fourth-order valence-electron chi connectivity index (χ4n) is 2.07. The zero-order valence-electron chi connectivity index (χ0n) is 13.1. The second-order valence-electron chi connectivity index (χ2n) is 7.08. The van der Waals surface area contributed by atoms with Crippen molar-refractivity contribution in [3.63, 3.8) is 0 Å². The zero-order chi connectivity index (χ0) is 14.2. The molecule has 0 N–H and O–H groups in total. The van der Waals surface area contributed by atoms with Crippen LogP contribution in [0.3, 0.4) is 0 Å². The number of hydrogen-bond acceptors (Lipinski definition) is 3. The summed E-state index contributed by atoms with van der Waals surface area (Å²) in [7, 11) is -3.29. The molecule has 106 valence electrons. The lowest BCUT2D eigenvalue weighted by Crippen LogP contribution is -2.53. The third kappa shape index (κ3) is 4.22. The van der Waals surface area contributed by atoms with E-state index in [9.17, 15) is 0 Å². The van der Waals surface area contributed by atoms with Crippen LogP contribution in [0, 0.1) is 0 Å². The Labute approximate surface area is 114 Å². The summed E-state index contributed by atoms with van der Waals surface area (Å²) in [5.74, 6) is 0.975. The predicted molar refractivity (Wildman–Crippen MR) is 80.8 cm³/mol. The van der Waals surface area contributed by atoms with Gasteiger partial charge in [0.25, 0.3) is 0 Å². The Kier molecular flexibility index (Phi) is 4.53. The van der Waals surface area contributed by atoms with Crippen LogP contribution in [-0.2, 0) is 13.6 Å². The van der Waals surface area contributed by atoms with Crippen LogP contribution in [0.2, 0.25) is 39.3 Å². The lowest BCUT2D eigenvalue weighted by atomic mass is 9.96. The molecule has 0 aromatic carbocycles. The third-order valence-corrected chi connectivity index (χ3v) is 4.68. The van der Waals surface area contributed by atoms with E-state index in [1.165, 1.54) is 0 Å². The highest BCUT2D eigenvalue weighted by Gasteiger charge is 2.45. The maximum Gasteiger partial charge on any atom is 0.241 e. The molecule has 0 aliphatic carbocycles. The minimum absolute atomic E-state index is 0.0283. The van der Waals surface area contributed by atoms with Gasteiger partial charge in [-0.25, -0.2) is 0 Å². The molecule has 2 unspecified atom stereocenters. The maximum atomic E-state index is 6.38. The molecular formula is C13H28O3Si2. The highest BCUT2D eigenvalue weighted by Crippen LogP contribution is 2.35. The lowest BCUT2D eigenvalue weighted by Gasteiger charge is -2.45. The molecule has 2 atom stereocenters. The quantitative estimate of drug-likeness (QED) is 0.737. The van der Waals surface area contributed by atoms with Crippen LogP contribution in [0.25, 0.3) is 0 Å². The highest BCUT2D eigenvalue weighted by molar-refractivity contribution is 6.70. The van der Waals surface area contributed by atoms with Gasteiger partial charge in [-0.3, -0.25) is 0 Å². The van der Waals surface area contributed by atoms with E-state index in [1.54, 1.807) is 0 Å². The standard InChI is InChI=1S/C13H28O3Si2/c1-11-13(2,16-18(6,7)8)12(9-10-14-11)15-17(3,4)5/h9,11H,10H2,1-8H3. The Morgan fingerprint density at radius 3 is 2.17 bits per heavy atom. The van der Waals surface area contributed by atoms with Gasteiger partial charge >= 0.3 is 0 Å². The van der Waals surface area contributed by atoms with Crippen LogP contribution in [0.4, 0.5) is 0 Å². The van der Waals surface area contributed by atoms with Crippen LogP contribution in [-0.4, -0.2) is 34.9 Å². The van der Waals surface area contributed by atoms with Crippen molar-refractivity contribution in [2.24, 2.45) is 0 Å². The molecule has 0 saturated heterocycles. The van der Waals surface area contributed by atoms with Crippen molar-refractivity contribution >= 4 is 16.6 Å². The van der Waals surface area contributed by atoms with Crippen LogP contribution < -0.4 is 0 Å². The molecule has 1 aliphatic heterocycles. The summed E-state index contributed by atoms with van der Waals surface area (Å²) in [6.45, 7) is 18.0. The van der Waals surface area contributed by atoms with E-state index in [-0.39, 0.29) is 6.10 Å². The van der Waals surface area contributed by atoms with E-state index in [4.69, 9.17) is 13.6 Å². The first kappa shape index (κ1) is 15.9. The minimum Gasteiger partial charge on any atom is -0.545 e. The summed E-state index contributed by atoms with van der Waals surface area (Å²) in [6.07, 6.45) is 2.07. The Bertz CT molecular complexity index is 328. The normalized spacial score (nSPS) is 30.0. The SMILES string of the molecule is CC1OCC=C(O[Si](C)(C)C)C1(C)O[Si](C)(C)C. The van der Waals surface area contributed by atoms with Gasteiger partial charge in [-0.05, 0) is 59.2 Å². The van der Waals surface area contributed by atoms with Gasteiger partial charge in [0.15, 0.2) is 8.32 Å². The van der Waals surface area contributed by atoms with Crippen molar-refractivity contribution < 1.29 is 13.6 Å². The Balaban J connectivity index is 3.01. The smallest absolute Gasteiger partial charge is 0.241 e. The van der Waals surface area contributed by atoms with Gasteiger partial charge in [0.1, 0.15) is 11.4 Å². The molecule has 0 aromatic rings. The molecule has 5 heteroatoms. The van der Waals surface area contributed by atoms with Crippen molar-refractivity contribution in [1.29, 1.82) is 0 Å². The molecule has 0 saturated carbocycles. The van der Waals surface area contributed by atoms with Crippen LogP contribution >= 0.6 is 0 Å². The molecule has 1 heterocycles. The fourth-order valence-corrected chi connectivity index (χ4v) is 4.56. The molecule has 0 spiro atoms. The number of hydrogen-bond donors (Lipinski definition) is 0. The Morgan fingerprint density at radius 1 is 1.17 bits per heavy atom. The van der Waals surface area contributed by atoms with Gasteiger partial charge in [-0.2, -0.15) is 0 Å². The molecule has 1 aliphatic rings. The number of ether oxygens (including phenoxy) is 1. The van der Waals surface area contributed by atoms with Gasteiger partial charge in [0.2, 0.25) is 8.32 Å². The molecule has 1 rings (SSSR count). The average Bonchev–Trinajstić information content (AvgIpc) is 2.08. The van der Waals surface area contributed by atoms with E-state index in [0.717, 1.165) is 5.76 Å². The average molecular weight is 289 g/mol. The van der Waals surface area contributed by atoms with Crippen molar-refractivity contribution in [3.8, 4) is 0 Å². The third-order valence-electron chi connectivity index (χ3n) is 2.81. The summed E-state index contributed by atoms with van der Waals surface area (Å²) in [5, 5.41) is 0. The van der Waals surface area contributed by atoms with Crippen molar-refractivity contribution in [3.05, 3.63) is 11.8 Å². The first-order valence-electron chi connectivity index (χ1n) is 6.65. The predicted octanol–water partition coefficient (Wildman–Crippen LogP) is 3.75. The largest absolute Gasteiger partial charge is 0.545 e. The summed E-state index contributed by atoms with van der Waals surface area (Å²) in [5.41, 5.74) is -0.441. The molecule has 0 aromatic heterocycles. The lowest BCUT2D eigenvalue weighted by molar-refractivity contribution is -0.0801. The van der Waals surface area contributed by atoms with Crippen LogP contribution in [0.1, 0.15) is 13.8 Å². The fraction of sp³-hybridized carbons (Fsp3) is 0.846. The molecule has 18 heavy (non-hydrogen) atoms. The first-order chi connectivity index (χ1) is 7.94. The van der Waals surface area contributed by atoms with Crippen LogP contribution in [0.15, 0.2) is 11.8 Å². The number of rotatable bonds is 4. The second-order valence-corrected chi connectivity index (χ2v) is 15.9. The van der Waals surface area contributed by atoms with Crippen molar-refractivity contribution in [2.45, 2.75) is 64.8 Å². The molecule has 0 radical (unpaired) electrons. The van der Waals surface area contributed by atoms with E-state index < -0.39 is 22.2 Å². The molecule has 3 nitrogen and oxygen atoms in total. The van der Waals surface area contributed by atoms with Gasteiger partial charge in [0, 0.05) is 0 Å². The molecule has 0 amide bonds. The van der Waals surface area contributed by atoms with E-state index in [0.29, 0.717) is 6.61 Å². The second kappa shape index (κ2) is 5.11. The van der Waals surface area contributed by atoms with Gasteiger partial charge in [0.05, 0.1) is 12.7 Å². The van der Waals surface area contributed by atoms with Gasteiger partial charge in [-0.15, -0.1) is 0 Å². The minimum atomic E-state index is -1.66. The summed E-state index contributed by atoms with van der Waals surface area (Å²) >= 11 is 0. The van der Waals surface area contributed by atoms with E-state index in [1.807, 2.05) is 6.08 Å². The molecular weight excluding hydrogens is 260 g/mol. The van der Waals surface area contributed by atoms with Crippen LogP contribution in [0.5, 0.6) is 0 Å². The topological polar surface area (TPSA) is 27.7 Å². The van der Waals surface area contributed by atoms with Gasteiger partial charge < -0.3 is 13.6 Å². The zero-order valence-corrected chi connectivity index (χ0v) is 15.1. The molecule has 0 fully saturated rings. The van der Waals surface area contributed by atoms with E-state index in [2.05, 4.69) is 53.1 Å². The Morgan fingerprint density at radius 2 is 1.72 bits per heavy atom. The summed E-state index contributed by atoms with van der Waals surface area (Å²) in [6, 6.07) is 0. The molecule has 0 bridgehead atoms. The van der Waals surface area contributed by atoms with Crippen molar-refractivity contribution in [1.82, 2.24) is 0 Å². The highest BCUT2D eigenvalue weighted by atomic mass is 28.4. The van der Waals surface area contributed by atoms with E-state index >= 15 is 0 Å². The first-order valence-corrected chi connectivity index (χ1v) is 13.5. The summed E-state index contributed by atoms with van der Waals surface area (Å²) < 4.78 is 18.3. The maximum absolute atomic E-state index is 6.38. The van der Waals surface area contributed by atoms with Crippen molar-refractivity contribution in [2.75, 3.05) is 6.61 Å². The van der Waals surface area contributed by atoms with Gasteiger partial charge in [-0.1, -0.05) is 0 Å². The summed E-state index contributed by atoms with van der Waals surface area (Å²) in [4.78, 5) is 0. The monoisotopic (exact) mass is 288 g/mol.